The number of rotatable bonds is 12. The van der Waals surface area contributed by atoms with Crippen LogP contribution in [0.3, 0.4) is 0 Å². The van der Waals surface area contributed by atoms with Crippen LogP contribution in [0.4, 0.5) is 11.6 Å². The number of unbranched alkanes of at least 4 members (excludes halogenated alkanes) is 2. The number of carbonyl (C=O) groups is 4. The van der Waals surface area contributed by atoms with Crippen molar-refractivity contribution >= 4 is 41.7 Å². The van der Waals surface area contributed by atoms with Gasteiger partial charge in [-0.1, -0.05) is 26.8 Å². The fourth-order valence-electron chi connectivity index (χ4n) is 3.37. The minimum Gasteiger partial charge on any atom is -0.469 e. The fraction of sp³-hybridized carbons (Fsp3) is 0.560. The number of aromatic amines is 1. The van der Waals surface area contributed by atoms with Crippen LogP contribution >= 0.6 is 0 Å². The number of allylic oxidation sites excluding steroid dienone is 1. The first kappa shape index (κ1) is 29.6. The van der Waals surface area contributed by atoms with E-state index in [-0.39, 0.29) is 31.1 Å². The average Bonchev–Trinajstić information content (AvgIpc) is 3.27. The first-order chi connectivity index (χ1) is 17.5. The molecule has 2 amide bonds. The van der Waals surface area contributed by atoms with E-state index in [0.29, 0.717) is 36.5 Å². The van der Waals surface area contributed by atoms with Crippen LogP contribution in [0.15, 0.2) is 23.3 Å². The molecule has 0 radical (unpaired) electrons. The van der Waals surface area contributed by atoms with E-state index < -0.39 is 29.6 Å². The van der Waals surface area contributed by atoms with Gasteiger partial charge in [0.1, 0.15) is 17.7 Å². The number of H-pyrrole nitrogens is 1. The van der Waals surface area contributed by atoms with Gasteiger partial charge >= 0.3 is 11.9 Å². The number of hydrogen-bond acceptors (Lipinski definition) is 9. The Bertz CT molecular complexity index is 1030. The molecule has 2 heterocycles. The second kappa shape index (κ2) is 13.6. The molecule has 2 atom stereocenters. The Hall–Kier alpha value is -3.67. The Morgan fingerprint density at radius 1 is 1.19 bits per heavy atom. The van der Waals surface area contributed by atoms with Crippen molar-refractivity contribution < 1.29 is 33.8 Å². The molecule has 1 aromatic heterocycles. The summed E-state index contributed by atoms with van der Waals surface area (Å²) < 4.78 is 9.25. The summed E-state index contributed by atoms with van der Waals surface area (Å²) in [6.45, 7) is 5.43. The number of ether oxygens (including phenoxy) is 2. The van der Waals surface area contributed by atoms with Crippen molar-refractivity contribution in [2.45, 2.75) is 71.6 Å². The highest BCUT2D eigenvalue weighted by molar-refractivity contribution is 5.94. The summed E-state index contributed by atoms with van der Waals surface area (Å²) >= 11 is 0. The molecule has 2 rings (SSSR count). The Kier molecular flexibility index (Phi) is 10.9. The normalized spacial score (nSPS) is 15.7. The van der Waals surface area contributed by atoms with Gasteiger partial charge in [0.15, 0.2) is 6.23 Å². The minimum atomic E-state index is -0.966. The molecule has 1 aliphatic rings. The van der Waals surface area contributed by atoms with E-state index in [1.165, 1.54) is 20.6 Å². The van der Waals surface area contributed by atoms with Gasteiger partial charge in [-0.05, 0) is 31.7 Å². The summed E-state index contributed by atoms with van der Waals surface area (Å²) in [5.41, 5.74) is -0.0170. The van der Waals surface area contributed by atoms with Gasteiger partial charge in [0.05, 0.1) is 20.6 Å². The number of nitrogens with zero attached hydrogens (tertiary/aromatic N) is 2. The number of nitrogens with one attached hydrogen (secondary N) is 3. The highest BCUT2D eigenvalue weighted by Gasteiger charge is 2.26. The van der Waals surface area contributed by atoms with Gasteiger partial charge in [-0.2, -0.15) is 0 Å². The van der Waals surface area contributed by atoms with Crippen molar-refractivity contribution in [1.29, 1.82) is 0 Å². The van der Waals surface area contributed by atoms with Crippen molar-refractivity contribution in [3.8, 4) is 0 Å². The topological polar surface area (TPSA) is 162 Å². The number of amides is 2. The number of esters is 2. The number of aliphatic imine (C=N–C) groups is 1. The van der Waals surface area contributed by atoms with Gasteiger partial charge in [0.25, 0.3) is 0 Å². The molecule has 37 heavy (non-hydrogen) atoms. The summed E-state index contributed by atoms with van der Waals surface area (Å²) in [6, 6.07) is 0.754. The molecule has 0 saturated carbocycles. The van der Waals surface area contributed by atoms with Crippen LogP contribution in [0.1, 0.15) is 71.1 Å². The zero-order valence-corrected chi connectivity index (χ0v) is 22.0. The molecule has 4 N–H and O–H groups in total. The number of fused-ring (bicyclic) bond motifs is 1. The van der Waals surface area contributed by atoms with Crippen molar-refractivity contribution in [2.75, 3.05) is 19.5 Å². The molecule has 0 saturated heterocycles. The Morgan fingerprint density at radius 2 is 1.92 bits per heavy atom. The van der Waals surface area contributed by atoms with Gasteiger partial charge in [-0.3, -0.25) is 14.4 Å². The summed E-state index contributed by atoms with van der Waals surface area (Å²) in [4.78, 5) is 56.4. The fourth-order valence-corrected chi connectivity index (χ4v) is 3.37. The number of hydrogen-bond donors (Lipinski definition) is 4. The predicted octanol–water partition coefficient (Wildman–Crippen LogP) is 2.65. The number of aromatic nitrogens is 1. The van der Waals surface area contributed by atoms with Crippen molar-refractivity contribution in [1.82, 2.24) is 15.2 Å². The molecule has 0 aliphatic carbocycles. The molecule has 0 bridgehead atoms. The quantitative estimate of drug-likeness (QED) is 0.242. The van der Waals surface area contributed by atoms with E-state index >= 15 is 0 Å². The molecular weight excluding hydrogens is 482 g/mol. The lowest BCUT2D eigenvalue weighted by atomic mass is 9.96. The monoisotopic (exact) mass is 519 g/mol. The van der Waals surface area contributed by atoms with Crippen molar-refractivity contribution in [3.63, 3.8) is 0 Å². The Labute approximate surface area is 216 Å². The van der Waals surface area contributed by atoms with Gasteiger partial charge in [0, 0.05) is 30.0 Å². The van der Waals surface area contributed by atoms with Crippen molar-refractivity contribution in [2.24, 2.45) is 10.4 Å². The van der Waals surface area contributed by atoms with Gasteiger partial charge < -0.3 is 35.1 Å². The largest absolute Gasteiger partial charge is 0.469 e. The van der Waals surface area contributed by atoms with Gasteiger partial charge in [-0.15, -0.1) is 0 Å². The summed E-state index contributed by atoms with van der Waals surface area (Å²) in [7, 11) is 2.47. The molecule has 12 nitrogen and oxygen atoms in total. The SMILES string of the molecule is COC(=O)CC[C@@H](NC(=O)CCCCC=CN1C=Nc2[nH]c(NC(=O)C(C)(C)C)cc2C1O)C(=O)OC. The maximum atomic E-state index is 12.2. The second-order valence-electron chi connectivity index (χ2n) is 9.65. The Morgan fingerprint density at radius 3 is 2.57 bits per heavy atom. The van der Waals surface area contributed by atoms with E-state index in [4.69, 9.17) is 0 Å². The lowest BCUT2D eigenvalue weighted by Crippen LogP contribution is -2.41. The third-order valence-corrected chi connectivity index (χ3v) is 5.62. The standard InChI is InChI=1S/C25H37N5O7/c1-25(2,3)24(35)29-18-14-16-21(28-18)26-15-30(22(16)33)13-9-7-6-8-10-19(31)27-17(23(34)37-5)11-12-20(32)36-4/h9,13-15,17,22,28,33H,6-8,10-12H2,1-5H3,(H,27,31)(H,29,35)/t17-,22?/m1/s1. The lowest BCUT2D eigenvalue weighted by molar-refractivity contribution is -0.146. The third kappa shape index (κ3) is 9.05. The molecule has 12 heteroatoms. The van der Waals surface area contributed by atoms with E-state index in [1.807, 2.05) is 26.8 Å². The Balaban J connectivity index is 1.77. The molecule has 1 aromatic rings. The van der Waals surface area contributed by atoms with Crippen LogP contribution in [0, 0.1) is 5.41 Å². The van der Waals surface area contributed by atoms with E-state index in [2.05, 4.69) is 30.1 Å². The molecule has 1 unspecified atom stereocenters. The molecule has 0 aromatic carbocycles. The molecule has 0 spiro atoms. The number of carbonyl (C=O) groups excluding carboxylic acids is 4. The molecule has 204 valence electrons. The third-order valence-electron chi connectivity index (χ3n) is 5.62. The number of anilines is 1. The van der Waals surface area contributed by atoms with Gasteiger partial charge in [-0.25, -0.2) is 9.79 Å². The first-order valence-electron chi connectivity index (χ1n) is 12.1. The summed E-state index contributed by atoms with van der Waals surface area (Å²) in [5, 5.41) is 16.1. The van der Waals surface area contributed by atoms with E-state index in [0.717, 1.165) is 0 Å². The first-order valence-corrected chi connectivity index (χ1v) is 12.1. The molecule has 0 fully saturated rings. The van der Waals surface area contributed by atoms with E-state index in [1.54, 1.807) is 17.2 Å². The summed E-state index contributed by atoms with van der Waals surface area (Å²) in [6.07, 6.45) is 6.33. The van der Waals surface area contributed by atoms with Crippen LogP contribution < -0.4 is 10.6 Å². The van der Waals surface area contributed by atoms with Crippen LogP contribution in [0.25, 0.3) is 0 Å². The highest BCUT2D eigenvalue weighted by atomic mass is 16.5. The van der Waals surface area contributed by atoms with Crippen molar-refractivity contribution in [3.05, 3.63) is 23.9 Å². The molecule has 1 aliphatic heterocycles. The zero-order valence-electron chi connectivity index (χ0n) is 22.0. The number of methoxy groups -OCH3 is 2. The van der Waals surface area contributed by atoms with Crippen LogP contribution in [0.5, 0.6) is 0 Å². The van der Waals surface area contributed by atoms with Gasteiger partial charge in [0.2, 0.25) is 11.8 Å². The predicted molar refractivity (Wildman–Crippen MR) is 137 cm³/mol. The van der Waals surface area contributed by atoms with Crippen LogP contribution in [-0.4, -0.2) is 65.3 Å². The lowest BCUT2D eigenvalue weighted by Gasteiger charge is -2.24. The van der Waals surface area contributed by atoms with E-state index in [9.17, 15) is 24.3 Å². The zero-order chi connectivity index (χ0) is 27.6. The number of aliphatic hydroxyl groups excluding tert-OH is 1. The minimum absolute atomic E-state index is 0.00981. The maximum Gasteiger partial charge on any atom is 0.328 e. The van der Waals surface area contributed by atoms with Crippen LogP contribution in [0.2, 0.25) is 0 Å². The highest BCUT2D eigenvalue weighted by Crippen LogP contribution is 2.34. The smallest absolute Gasteiger partial charge is 0.328 e. The summed E-state index contributed by atoms with van der Waals surface area (Å²) in [5.74, 6) is -0.612. The molecular formula is C25H37N5O7. The average molecular weight is 520 g/mol. The second-order valence-corrected chi connectivity index (χ2v) is 9.65. The maximum absolute atomic E-state index is 12.2. The van der Waals surface area contributed by atoms with Crippen LogP contribution in [-0.2, 0) is 28.7 Å². The number of aliphatic hydroxyl groups is 1.